The molecule has 0 spiro atoms. The van der Waals surface area contributed by atoms with Gasteiger partial charge in [-0.1, -0.05) is 6.92 Å². The third-order valence-corrected chi connectivity index (χ3v) is 3.09. The van der Waals surface area contributed by atoms with Crippen LogP contribution in [0.15, 0.2) is 0 Å². The summed E-state index contributed by atoms with van der Waals surface area (Å²) >= 11 is 0. The molecular formula is C13H23FN2. The Morgan fingerprint density at radius 2 is 2.06 bits per heavy atom. The van der Waals surface area contributed by atoms with Crippen LogP contribution in [-0.2, 0) is 0 Å². The predicted octanol–water partition coefficient (Wildman–Crippen LogP) is 2.02. The maximum Gasteiger partial charge on any atom is 0.140 e. The van der Waals surface area contributed by atoms with E-state index in [-0.39, 0.29) is 0 Å². The molecule has 0 bridgehead atoms. The van der Waals surface area contributed by atoms with Crippen LogP contribution in [0, 0.1) is 17.8 Å². The summed E-state index contributed by atoms with van der Waals surface area (Å²) < 4.78 is 11.9. The lowest BCUT2D eigenvalue weighted by Crippen LogP contribution is -2.37. The number of piperidine rings is 1. The molecule has 0 unspecified atom stereocenters. The molecule has 92 valence electrons. The third-order valence-electron chi connectivity index (χ3n) is 3.09. The minimum Gasteiger partial charge on any atom is -0.302 e. The summed E-state index contributed by atoms with van der Waals surface area (Å²) in [6, 6.07) is 0. The fraction of sp³-hybridized carbons (Fsp3) is 0.846. The van der Waals surface area contributed by atoms with Crippen LogP contribution < -0.4 is 5.32 Å². The first-order valence-electron chi connectivity index (χ1n) is 6.31. The highest BCUT2D eigenvalue weighted by Crippen LogP contribution is 2.16. The smallest absolute Gasteiger partial charge is 0.140 e. The zero-order valence-electron chi connectivity index (χ0n) is 10.3. The van der Waals surface area contributed by atoms with Crippen molar-refractivity contribution in [2.75, 3.05) is 33.0 Å². The topological polar surface area (TPSA) is 15.3 Å². The molecule has 1 N–H and O–H groups in total. The van der Waals surface area contributed by atoms with Gasteiger partial charge < -0.3 is 4.90 Å². The van der Waals surface area contributed by atoms with Crippen LogP contribution in [0.5, 0.6) is 0 Å². The van der Waals surface area contributed by atoms with E-state index in [1.54, 1.807) is 0 Å². The molecular weight excluding hydrogens is 203 g/mol. The molecule has 1 rings (SSSR count). The van der Waals surface area contributed by atoms with Crippen LogP contribution in [0.4, 0.5) is 4.39 Å². The fourth-order valence-electron chi connectivity index (χ4n) is 2.10. The monoisotopic (exact) mass is 226 g/mol. The quantitative estimate of drug-likeness (QED) is 0.570. The van der Waals surface area contributed by atoms with E-state index in [2.05, 4.69) is 29.0 Å². The molecule has 0 aromatic carbocycles. The maximum absolute atomic E-state index is 11.9. The van der Waals surface area contributed by atoms with Crippen molar-refractivity contribution in [1.82, 2.24) is 10.2 Å². The normalized spacial score (nSPS) is 18.1. The first kappa shape index (κ1) is 13.5. The minimum absolute atomic E-state index is 0.396. The minimum atomic E-state index is -0.396. The Labute approximate surface area is 98.6 Å². The summed E-state index contributed by atoms with van der Waals surface area (Å²) in [5.74, 6) is 6.93. The summed E-state index contributed by atoms with van der Waals surface area (Å²) in [7, 11) is 0. The van der Waals surface area contributed by atoms with Gasteiger partial charge in [-0.05, 0) is 31.8 Å². The van der Waals surface area contributed by atoms with Gasteiger partial charge in [0.25, 0.3) is 0 Å². The molecule has 0 amide bonds. The van der Waals surface area contributed by atoms with E-state index in [1.807, 2.05) is 0 Å². The van der Waals surface area contributed by atoms with Crippen molar-refractivity contribution in [2.45, 2.75) is 32.6 Å². The van der Waals surface area contributed by atoms with Crippen LogP contribution in [0.1, 0.15) is 32.6 Å². The summed E-state index contributed by atoms with van der Waals surface area (Å²) in [5.41, 5.74) is 0. The van der Waals surface area contributed by atoms with Crippen molar-refractivity contribution in [2.24, 2.45) is 5.92 Å². The molecule has 1 saturated heterocycles. The Bertz CT molecular complexity index is 224. The Morgan fingerprint density at radius 3 is 2.69 bits per heavy atom. The van der Waals surface area contributed by atoms with Gasteiger partial charge in [0, 0.05) is 25.9 Å². The number of nitrogens with zero attached hydrogens (tertiary/aromatic N) is 1. The van der Waals surface area contributed by atoms with Gasteiger partial charge in [0.05, 0.1) is 0 Å². The second-order valence-corrected chi connectivity index (χ2v) is 4.33. The van der Waals surface area contributed by atoms with E-state index in [0.29, 0.717) is 5.92 Å². The Hall–Kier alpha value is -0.590. The lowest BCUT2D eigenvalue weighted by molar-refractivity contribution is 0.183. The van der Waals surface area contributed by atoms with Gasteiger partial charge in [-0.15, -0.1) is 11.8 Å². The first-order chi connectivity index (χ1) is 7.86. The van der Waals surface area contributed by atoms with Gasteiger partial charge in [0.1, 0.15) is 6.80 Å². The summed E-state index contributed by atoms with van der Waals surface area (Å²) in [6.45, 7) is 5.90. The van der Waals surface area contributed by atoms with Gasteiger partial charge in [-0.3, -0.25) is 5.32 Å². The van der Waals surface area contributed by atoms with E-state index in [1.165, 1.54) is 12.8 Å². The number of alkyl halides is 1. The summed E-state index contributed by atoms with van der Waals surface area (Å²) in [6.07, 6.45) is 4.32. The molecule has 0 aromatic rings. The van der Waals surface area contributed by atoms with E-state index < -0.39 is 6.80 Å². The van der Waals surface area contributed by atoms with Crippen LogP contribution in [0.25, 0.3) is 0 Å². The molecule has 0 saturated carbocycles. The second kappa shape index (κ2) is 8.55. The SMILES string of the molecule is CCC#CCCN1CCC(CNCF)CC1. The number of halogens is 1. The molecule has 0 aromatic heterocycles. The molecule has 1 aliphatic rings. The standard InChI is InChI=1S/C13H23FN2/c1-2-3-4-5-8-16-9-6-13(7-10-16)11-15-12-14/h13,15H,2,5-12H2,1H3. The Kier molecular flexibility index (Phi) is 7.20. The highest BCUT2D eigenvalue weighted by molar-refractivity contribution is 4.98. The second-order valence-electron chi connectivity index (χ2n) is 4.33. The largest absolute Gasteiger partial charge is 0.302 e. The molecule has 0 radical (unpaired) electrons. The average Bonchev–Trinajstić information content (AvgIpc) is 2.33. The van der Waals surface area contributed by atoms with Crippen LogP contribution >= 0.6 is 0 Å². The Balaban J connectivity index is 2.07. The number of rotatable bonds is 5. The lowest BCUT2D eigenvalue weighted by atomic mass is 9.97. The van der Waals surface area contributed by atoms with Gasteiger partial charge in [-0.25, -0.2) is 4.39 Å². The van der Waals surface area contributed by atoms with E-state index >= 15 is 0 Å². The van der Waals surface area contributed by atoms with Crippen LogP contribution in [0.3, 0.4) is 0 Å². The van der Waals surface area contributed by atoms with Crippen LogP contribution in [-0.4, -0.2) is 37.9 Å². The third kappa shape index (κ3) is 5.48. The molecule has 1 aliphatic heterocycles. The van der Waals surface area contributed by atoms with Crippen molar-refractivity contribution in [3.63, 3.8) is 0 Å². The van der Waals surface area contributed by atoms with Gasteiger partial charge in [0.2, 0.25) is 0 Å². The predicted molar refractivity (Wildman–Crippen MR) is 65.8 cm³/mol. The van der Waals surface area contributed by atoms with Crippen molar-refractivity contribution in [3.8, 4) is 11.8 Å². The summed E-state index contributed by atoms with van der Waals surface area (Å²) in [5, 5.41) is 2.79. The Morgan fingerprint density at radius 1 is 1.31 bits per heavy atom. The van der Waals surface area contributed by atoms with E-state index in [0.717, 1.165) is 39.0 Å². The van der Waals surface area contributed by atoms with Gasteiger partial charge in [-0.2, -0.15) is 0 Å². The van der Waals surface area contributed by atoms with Gasteiger partial charge in [0.15, 0.2) is 0 Å². The molecule has 1 heterocycles. The zero-order valence-corrected chi connectivity index (χ0v) is 10.3. The molecule has 16 heavy (non-hydrogen) atoms. The van der Waals surface area contributed by atoms with Crippen molar-refractivity contribution < 1.29 is 4.39 Å². The highest BCUT2D eigenvalue weighted by atomic mass is 19.1. The number of hydrogen-bond donors (Lipinski definition) is 1. The van der Waals surface area contributed by atoms with E-state index in [9.17, 15) is 4.39 Å². The molecule has 0 atom stereocenters. The van der Waals surface area contributed by atoms with E-state index in [4.69, 9.17) is 0 Å². The molecule has 1 fully saturated rings. The fourth-order valence-corrected chi connectivity index (χ4v) is 2.10. The average molecular weight is 226 g/mol. The van der Waals surface area contributed by atoms with Crippen molar-refractivity contribution in [1.29, 1.82) is 0 Å². The number of hydrogen-bond acceptors (Lipinski definition) is 2. The van der Waals surface area contributed by atoms with Crippen molar-refractivity contribution >= 4 is 0 Å². The summed E-state index contributed by atoms with van der Waals surface area (Å²) in [4.78, 5) is 2.47. The number of likely N-dealkylation sites (tertiary alicyclic amines) is 1. The first-order valence-corrected chi connectivity index (χ1v) is 6.31. The van der Waals surface area contributed by atoms with Gasteiger partial charge >= 0.3 is 0 Å². The maximum atomic E-state index is 11.9. The number of nitrogens with one attached hydrogen (secondary N) is 1. The highest BCUT2D eigenvalue weighted by Gasteiger charge is 2.17. The molecule has 0 aliphatic carbocycles. The lowest BCUT2D eigenvalue weighted by Gasteiger charge is -2.31. The molecule has 3 heteroatoms. The zero-order chi connectivity index (χ0) is 11.6. The van der Waals surface area contributed by atoms with Crippen molar-refractivity contribution in [3.05, 3.63) is 0 Å². The molecule has 2 nitrogen and oxygen atoms in total. The van der Waals surface area contributed by atoms with Crippen LogP contribution in [0.2, 0.25) is 0 Å².